The number of hydrogen-bond acceptors (Lipinski definition) is 0. The second-order valence-corrected chi connectivity index (χ2v) is 4.18. The quantitative estimate of drug-likeness (QED) is 0.267. The summed E-state index contributed by atoms with van der Waals surface area (Å²) in [4.78, 5) is 0. The topological polar surface area (TPSA) is 0 Å². The van der Waals surface area contributed by atoms with E-state index in [4.69, 9.17) is 0 Å². The fourth-order valence-electron chi connectivity index (χ4n) is 1.74. The summed E-state index contributed by atoms with van der Waals surface area (Å²) in [7, 11) is 0. The minimum atomic E-state index is 0. The van der Waals surface area contributed by atoms with Crippen molar-refractivity contribution in [2.24, 2.45) is 0 Å². The second-order valence-electron chi connectivity index (χ2n) is 4.18. The molecule has 0 N–H and O–H groups in total. The normalized spacial score (nSPS) is 9.20. The molecule has 0 radical (unpaired) electrons. The lowest BCUT2D eigenvalue weighted by Crippen LogP contribution is -1.80. The summed E-state index contributed by atoms with van der Waals surface area (Å²) in [6.07, 6.45) is 15.9. The van der Waals surface area contributed by atoms with Gasteiger partial charge in [0.05, 0.1) is 0 Å². The molecule has 0 fully saturated rings. The highest BCUT2D eigenvalue weighted by molar-refractivity contribution is 14.0. The number of rotatable bonds is 10. The molecule has 0 aliphatic heterocycles. The zero-order chi connectivity index (χ0) is 9.78. The largest absolute Gasteiger partial charge is 0.107 e. The van der Waals surface area contributed by atoms with Crippen molar-refractivity contribution in [2.45, 2.75) is 84.5 Å². The van der Waals surface area contributed by atoms with Crippen LogP contribution in [0.1, 0.15) is 84.5 Å². The zero-order valence-electron chi connectivity index (χ0n) is 10.6. The zero-order valence-corrected chi connectivity index (χ0v) is 15.3. The summed E-state index contributed by atoms with van der Waals surface area (Å²) >= 11 is 0. The van der Waals surface area contributed by atoms with E-state index in [0.717, 1.165) is 0 Å². The van der Waals surface area contributed by atoms with Crippen molar-refractivity contribution in [2.75, 3.05) is 0 Å². The van der Waals surface area contributed by atoms with Gasteiger partial charge in [-0.2, -0.15) is 0 Å². The van der Waals surface area contributed by atoms with Gasteiger partial charge in [-0.05, 0) is 0 Å². The fraction of sp³-hybridized carbons (Fsp3) is 1.00. The third-order valence-corrected chi connectivity index (χ3v) is 2.71. The van der Waals surface area contributed by atoms with Gasteiger partial charge in [0, 0.05) is 0 Å². The van der Waals surface area contributed by atoms with Crippen molar-refractivity contribution in [3.8, 4) is 0 Å². The van der Waals surface area contributed by atoms with Crippen LogP contribution < -0.4 is 0 Å². The highest BCUT2D eigenvalue weighted by atomic mass is 127. The summed E-state index contributed by atoms with van der Waals surface area (Å²) in [6.45, 7) is 4.56. The Morgan fingerprint density at radius 1 is 0.400 bits per heavy atom. The first kappa shape index (κ1) is 21.7. The van der Waals surface area contributed by atoms with Gasteiger partial charge in [-0.1, -0.05) is 84.5 Å². The maximum atomic E-state index is 2.28. The first-order valence-electron chi connectivity index (χ1n) is 6.41. The molecular weight excluding hydrogens is 410 g/mol. The van der Waals surface area contributed by atoms with E-state index in [0.29, 0.717) is 0 Å². The van der Waals surface area contributed by atoms with Crippen LogP contribution in [-0.2, 0) is 0 Å². The van der Waals surface area contributed by atoms with Gasteiger partial charge < -0.3 is 0 Å². The van der Waals surface area contributed by atoms with E-state index in [1.165, 1.54) is 70.6 Å². The Balaban J connectivity index is -0.000000720. The highest BCUT2D eigenvalue weighted by Crippen LogP contribution is 2.10. The van der Waals surface area contributed by atoms with Crippen LogP contribution in [0.3, 0.4) is 0 Å². The fourth-order valence-corrected chi connectivity index (χ4v) is 1.74. The molecule has 2 heteroatoms. The van der Waals surface area contributed by atoms with Crippen molar-refractivity contribution in [1.29, 1.82) is 0 Å². The van der Waals surface area contributed by atoms with Crippen LogP contribution in [0.5, 0.6) is 0 Å². The van der Waals surface area contributed by atoms with Crippen LogP contribution in [0.4, 0.5) is 0 Å². The van der Waals surface area contributed by atoms with E-state index in [1.807, 2.05) is 0 Å². The molecule has 0 unspecified atom stereocenters. The molecule has 0 atom stereocenters. The molecule has 0 heterocycles. The van der Waals surface area contributed by atoms with Gasteiger partial charge in [0.25, 0.3) is 0 Å². The summed E-state index contributed by atoms with van der Waals surface area (Å²) in [6, 6.07) is 0. The van der Waals surface area contributed by atoms with E-state index in [-0.39, 0.29) is 48.0 Å². The third-order valence-electron chi connectivity index (χ3n) is 2.71. The first-order chi connectivity index (χ1) is 6.41. The van der Waals surface area contributed by atoms with E-state index in [1.54, 1.807) is 0 Å². The lowest BCUT2D eigenvalue weighted by Gasteiger charge is -2.00. The summed E-state index contributed by atoms with van der Waals surface area (Å²) < 4.78 is 0. The monoisotopic (exact) mass is 440 g/mol. The van der Waals surface area contributed by atoms with Gasteiger partial charge in [-0.25, -0.2) is 0 Å². The lowest BCUT2D eigenvalue weighted by molar-refractivity contribution is 0.554. The minimum absolute atomic E-state index is 0. The maximum absolute atomic E-state index is 2.28. The molecule has 0 aromatic rings. The standard InChI is InChI=1S/C13H28.2HI/c1-3-5-7-9-11-13-12-10-8-6-4-2;;/h3-13H2,1-2H3;2*1H. The molecule has 0 aliphatic carbocycles. The van der Waals surface area contributed by atoms with Crippen LogP contribution in [0.25, 0.3) is 0 Å². The smallest absolute Gasteiger partial charge is 0.0533 e. The Morgan fingerprint density at radius 3 is 0.800 bits per heavy atom. The Kier molecular flexibility index (Phi) is 30.1. The average molecular weight is 440 g/mol. The molecular formula is C13H30I2. The first-order valence-corrected chi connectivity index (χ1v) is 6.41. The molecule has 0 amide bonds. The molecule has 0 spiro atoms. The van der Waals surface area contributed by atoms with Crippen LogP contribution in [-0.4, -0.2) is 0 Å². The Morgan fingerprint density at radius 2 is 0.600 bits per heavy atom. The van der Waals surface area contributed by atoms with E-state index in [9.17, 15) is 0 Å². The Labute approximate surface area is 131 Å². The summed E-state index contributed by atoms with van der Waals surface area (Å²) in [5.74, 6) is 0. The van der Waals surface area contributed by atoms with Crippen molar-refractivity contribution in [3.05, 3.63) is 0 Å². The predicted octanol–water partition coefficient (Wildman–Crippen LogP) is 6.55. The minimum Gasteiger partial charge on any atom is -0.107 e. The molecule has 0 aromatic carbocycles. The van der Waals surface area contributed by atoms with Crippen molar-refractivity contribution >= 4 is 48.0 Å². The summed E-state index contributed by atoms with van der Waals surface area (Å²) in [5, 5.41) is 0. The molecule has 0 saturated heterocycles. The third kappa shape index (κ3) is 21.3. The lowest BCUT2D eigenvalue weighted by atomic mass is 10.1. The second kappa shape index (κ2) is 20.8. The van der Waals surface area contributed by atoms with Crippen molar-refractivity contribution in [1.82, 2.24) is 0 Å². The highest BCUT2D eigenvalue weighted by Gasteiger charge is 1.90. The van der Waals surface area contributed by atoms with E-state index >= 15 is 0 Å². The molecule has 0 saturated carbocycles. The molecule has 0 aliphatic rings. The SMILES string of the molecule is CCCCCCCCCCCCC.I.I. The van der Waals surface area contributed by atoms with Gasteiger partial charge in [0.1, 0.15) is 0 Å². The van der Waals surface area contributed by atoms with Crippen LogP contribution in [0.2, 0.25) is 0 Å². The van der Waals surface area contributed by atoms with Crippen molar-refractivity contribution < 1.29 is 0 Å². The van der Waals surface area contributed by atoms with Crippen LogP contribution >= 0.6 is 48.0 Å². The molecule has 0 nitrogen and oxygen atoms in total. The average Bonchev–Trinajstić information content (AvgIpc) is 2.16. The van der Waals surface area contributed by atoms with Gasteiger partial charge in [-0.15, -0.1) is 48.0 Å². The molecule has 15 heavy (non-hydrogen) atoms. The maximum Gasteiger partial charge on any atom is -0.0533 e. The van der Waals surface area contributed by atoms with Gasteiger partial charge in [-0.3, -0.25) is 0 Å². The van der Waals surface area contributed by atoms with Gasteiger partial charge in [0.2, 0.25) is 0 Å². The van der Waals surface area contributed by atoms with Gasteiger partial charge >= 0.3 is 0 Å². The molecule has 0 rings (SSSR count). The van der Waals surface area contributed by atoms with E-state index < -0.39 is 0 Å². The van der Waals surface area contributed by atoms with Gasteiger partial charge in [0.15, 0.2) is 0 Å². The Bertz CT molecular complexity index is 74.6. The molecule has 0 aromatic heterocycles. The predicted molar refractivity (Wildman–Crippen MR) is 93.0 cm³/mol. The Hall–Kier alpha value is 1.46. The number of unbranched alkanes of at least 4 members (excludes halogenated alkanes) is 10. The van der Waals surface area contributed by atoms with Crippen LogP contribution in [0, 0.1) is 0 Å². The number of halogens is 2. The van der Waals surface area contributed by atoms with Crippen molar-refractivity contribution in [3.63, 3.8) is 0 Å². The van der Waals surface area contributed by atoms with E-state index in [2.05, 4.69) is 13.8 Å². The number of hydrogen-bond donors (Lipinski definition) is 0. The summed E-state index contributed by atoms with van der Waals surface area (Å²) in [5.41, 5.74) is 0. The van der Waals surface area contributed by atoms with Crippen LogP contribution in [0.15, 0.2) is 0 Å². The molecule has 0 bridgehead atoms. The molecule has 96 valence electrons.